The predicted molar refractivity (Wildman–Crippen MR) is 36.3 cm³/mol. The summed E-state index contributed by atoms with van der Waals surface area (Å²) in [5.74, 6) is 0.898. The molecule has 9 heavy (non-hydrogen) atoms. The monoisotopic (exact) mass is 126 g/mol. The van der Waals surface area contributed by atoms with Crippen LogP contribution in [-0.4, -0.2) is 12.2 Å². The lowest BCUT2D eigenvalue weighted by molar-refractivity contribution is -0.115. The van der Waals surface area contributed by atoms with Gasteiger partial charge in [0, 0.05) is 0 Å². The van der Waals surface area contributed by atoms with Crippen molar-refractivity contribution in [3.05, 3.63) is 0 Å². The highest BCUT2D eigenvalue weighted by Crippen LogP contribution is 2.36. The van der Waals surface area contributed by atoms with Crippen molar-refractivity contribution in [3.8, 4) is 0 Å². The van der Waals surface area contributed by atoms with Gasteiger partial charge in [-0.1, -0.05) is 0 Å². The van der Waals surface area contributed by atoms with Gasteiger partial charge < -0.3 is 4.74 Å². The smallest absolute Gasteiger partial charge is 0.0579 e. The Balaban J connectivity index is 2.06. The van der Waals surface area contributed by atoms with E-state index in [9.17, 15) is 0 Å². The summed E-state index contributed by atoms with van der Waals surface area (Å²) >= 11 is 0. The maximum absolute atomic E-state index is 5.69. The Morgan fingerprint density at radius 1 is 1.11 bits per heavy atom. The van der Waals surface area contributed by atoms with Gasteiger partial charge in [0.1, 0.15) is 0 Å². The largest absolute Gasteiger partial charge is 0.375 e. The molecular formula is C8H14O. The molecule has 2 aliphatic heterocycles. The van der Waals surface area contributed by atoms with Crippen LogP contribution >= 0.6 is 0 Å². The first-order valence-corrected chi connectivity index (χ1v) is 4.02. The third-order valence-electron chi connectivity index (χ3n) is 2.79. The molecule has 1 atom stereocenters. The molecule has 1 unspecified atom stereocenters. The third-order valence-corrected chi connectivity index (χ3v) is 2.79. The van der Waals surface area contributed by atoms with E-state index in [4.69, 9.17) is 4.74 Å². The van der Waals surface area contributed by atoms with E-state index >= 15 is 0 Å². The summed E-state index contributed by atoms with van der Waals surface area (Å²) in [6, 6.07) is 0. The highest BCUT2D eigenvalue weighted by molar-refractivity contribution is 4.82. The second-order valence-corrected chi connectivity index (χ2v) is 3.38. The van der Waals surface area contributed by atoms with Crippen LogP contribution in [0.1, 0.15) is 32.6 Å². The Morgan fingerprint density at radius 3 is 2.00 bits per heavy atom. The SMILES string of the molecule is CC1OC2CCC1CC2. The molecule has 0 aromatic heterocycles. The van der Waals surface area contributed by atoms with Gasteiger partial charge in [-0.2, -0.15) is 0 Å². The zero-order valence-corrected chi connectivity index (χ0v) is 5.97. The highest BCUT2D eigenvalue weighted by Gasteiger charge is 2.33. The molecule has 0 radical (unpaired) electrons. The fraction of sp³-hybridized carbons (Fsp3) is 1.00. The Hall–Kier alpha value is -0.0400. The molecule has 52 valence electrons. The molecule has 3 rings (SSSR count). The van der Waals surface area contributed by atoms with Crippen LogP contribution in [0, 0.1) is 5.92 Å². The van der Waals surface area contributed by atoms with E-state index in [1.807, 2.05) is 0 Å². The molecule has 0 aromatic carbocycles. The molecule has 0 amide bonds. The summed E-state index contributed by atoms with van der Waals surface area (Å²) in [6.07, 6.45) is 6.70. The number of fused-ring (bicyclic) bond motifs is 3. The predicted octanol–water partition coefficient (Wildman–Crippen LogP) is 1.96. The summed E-state index contributed by atoms with van der Waals surface area (Å²) in [5, 5.41) is 0. The molecule has 0 spiro atoms. The zero-order chi connectivity index (χ0) is 6.27. The molecule has 1 saturated carbocycles. The summed E-state index contributed by atoms with van der Waals surface area (Å²) in [7, 11) is 0. The Kier molecular flexibility index (Phi) is 1.26. The molecule has 0 N–H and O–H groups in total. The second kappa shape index (κ2) is 1.98. The molecule has 1 heteroatoms. The van der Waals surface area contributed by atoms with Crippen LogP contribution < -0.4 is 0 Å². The van der Waals surface area contributed by atoms with Gasteiger partial charge in [-0.15, -0.1) is 0 Å². The lowest BCUT2D eigenvalue weighted by atomic mass is 9.81. The topological polar surface area (TPSA) is 9.23 Å². The lowest BCUT2D eigenvalue weighted by Crippen LogP contribution is -2.38. The fourth-order valence-corrected chi connectivity index (χ4v) is 2.11. The van der Waals surface area contributed by atoms with Crippen LogP contribution in [0.4, 0.5) is 0 Å². The normalized spacial score (nSPS) is 49.7. The van der Waals surface area contributed by atoms with E-state index in [1.54, 1.807) is 0 Å². The van der Waals surface area contributed by atoms with E-state index in [2.05, 4.69) is 6.92 Å². The molecule has 2 bridgehead atoms. The fourth-order valence-electron chi connectivity index (χ4n) is 2.11. The van der Waals surface area contributed by atoms with E-state index in [-0.39, 0.29) is 0 Å². The number of hydrogen-bond acceptors (Lipinski definition) is 1. The van der Waals surface area contributed by atoms with E-state index in [1.165, 1.54) is 25.7 Å². The molecule has 2 heterocycles. The van der Waals surface area contributed by atoms with Crippen LogP contribution in [0.25, 0.3) is 0 Å². The van der Waals surface area contributed by atoms with Crippen LogP contribution in [0.3, 0.4) is 0 Å². The number of ether oxygens (including phenoxy) is 1. The summed E-state index contributed by atoms with van der Waals surface area (Å²) in [4.78, 5) is 0. The van der Waals surface area contributed by atoms with E-state index in [0.717, 1.165) is 5.92 Å². The molecule has 3 aliphatic rings. The molecule has 3 fully saturated rings. The molecule has 0 aromatic rings. The number of rotatable bonds is 0. The van der Waals surface area contributed by atoms with Crippen molar-refractivity contribution in [2.45, 2.75) is 44.8 Å². The minimum atomic E-state index is 0.567. The van der Waals surface area contributed by atoms with Gasteiger partial charge in [0.05, 0.1) is 12.2 Å². The van der Waals surface area contributed by atoms with Crippen molar-refractivity contribution in [2.24, 2.45) is 5.92 Å². The first kappa shape index (κ1) is 5.72. The summed E-state index contributed by atoms with van der Waals surface area (Å²) in [6.45, 7) is 2.22. The molecule has 2 saturated heterocycles. The van der Waals surface area contributed by atoms with Crippen LogP contribution in [0.2, 0.25) is 0 Å². The van der Waals surface area contributed by atoms with Gasteiger partial charge in [-0.05, 0) is 38.5 Å². The second-order valence-electron chi connectivity index (χ2n) is 3.38. The van der Waals surface area contributed by atoms with E-state index < -0.39 is 0 Å². The Bertz CT molecular complexity index is 103. The van der Waals surface area contributed by atoms with Gasteiger partial charge >= 0.3 is 0 Å². The van der Waals surface area contributed by atoms with Crippen LogP contribution in [-0.2, 0) is 4.74 Å². The van der Waals surface area contributed by atoms with Gasteiger partial charge in [0.25, 0.3) is 0 Å². The zero-order valence-electron chi connectivity index (χ0n) is 5.97. The standard InChI is InChI=1S/C8H14O/c1-6-7-2-4-8(9-6)5-3-7/h6-8H,2-5H2,1H3. The van der Waals surface area contributed by atoms with Crippen molar-refractivity contribution in [3.63, 3.8) is 0 Å². The Labute approximate surface area is 56.4 Å². The van der Waals surface area contributed by atoms with Crippen molar-refractivity contribution in [1.29, 1.82) is 0 Å². The quantitative estimate of drug-likeness (QED) is 0.482. The van der Waals surface area contributed by atoms with Crippen molar-refractivity contribution < 1.29 is 4.74 Å². The molecular weight excluding hydrogens is 112 g/mol. The molecule has 1 aliphatic carbocycles. The first-order chi connectivity index (χ1) is 4.36. The minimum absolute atomic E-state index is 0.567. The lowest BCUT2D eigenvalue weighted by Gasteiger charge is -2.40. The first-order valence-electron chi connectivity index (χ1n) is 4.02. The summed E-state index contributed by atoms with van der Waals surface area (Å²) < 4.78 is 5.69. The maximum atomic E-state index is 5.69. The van der Waals surface area contributed by atoms with E-state index in [0.29, 0.717) is 12.2 Å². The van der Waals surface area contributed by atoms with Gasteiger partial charge in [-0.3, -0.25) is 0 Å². The van der Waals surface area contributed by atoms with Crippen LogP contribution in [0.15, 0.2) is 0 Å². The van der Waals surface area contributed by atoms with Crippen molar-refractivity contribution in [1.82, 2.24) is 0 Å². The molecule has 1 nitrogen and oxygen atoms in total. The highest BCUT2D eigenvalue weighted by atomic mass is 16.5. The average Bonchev–Trinajstić information content (AvgIpc) is 1.90. The minimum Gasteiger partial charge on any atom is -0.375 e. The maximum Gasteiger partial charge on any atom is 0.0579 e. The van der Waals surface area contributed by atoms with Gasteiger partial charge in [-0.25, -0.2) is 0 Å². The van der Waals surface area contributed by atoms with Gasteiger partial charge in [0.15, 0.2) is 0 Å². The van der Waals surface area contributed by atoms with Crippen molar-refractivity contribution >= 4 is 0 Å². The summed E-state index contributed by atoms with van der Waals surface area (Å²) in [5.41, 5.74) is 0. The van der Waals surface area contributed by atoms with Crippen LogP contribution in [0.5, 0.6) is 0 Å². The number of hydrogen-bond donors (Lipinski definition) is 0. The Morgan fingerprint density at radius 2 is 1.78 bits per heavy atom. The third kappa shape index (κ3) is 0.877. The van der Waals surface area contributed by atoms with Gasteiger partial charge in [0.2, 0.25) is 0 Å². The average molecular weight is 126 g/mol. The van der Waals surface area contributed by atoms with Crippen molar-refractivity contribution in [2.75, 3.05) is 0 Å².